The number of nitrogens with zero attached hydrogens (tertiary/aromatic N) is 2. The van der Waals surface area contributed by atoms with Gasteiger partial charge in [-0.3, -0.25) is 4.79 Å². The molecular formula is C10H12ClN3O. The normalized spacial score (nSPS) is 17.2. The number of hydrogen-bond acceptors (Lipinski definition) is 3. The van der Waals surface area contributed by atoms with Gasteiger partial charge in [-0.1, -0.05) is 11.6 Å². The molecule has 0 aliphatic heterocycles. The highest BCUT2D eigenvalue weighted by atomic mass is 35.5. The quantitative estimate of drug-likeness (QED) is 0.851. The van der Waals surface area contributed by atoms with Crippen LogP contribution in [0.15, 0.2) is 12.4 Å². The minimum absolute atomic E-state index is 0.182. The molecular weight excluding hydrogens is 214 g/mol. The summed E-state index contributed by atoms with van der Waals surface area (Å²) in [6.07, 6.45) is 5.16. The molecule has 1 fully saturated rings. The van der Waals surface area contributed by atoms with Crippen LogP contribution in [0.4, 0.5) is 0 Å². The maximum atomic E-state index is 11.6. The number of aromatic nitrogens is 2. The summed E-state index contributed by atoms with van der Waals surface area (Å²) in [5.41, 5.74) is 0.312. The van der Waals surface area contributed by atoms with Gasteiger partial charge < -0.3 is 5.32 Å². The van der Waals surface area contributed by atoms with E-state index in [-0.39, 0.29) is 11.9 Å². The smallest absolute Gasteiger partial charge is 0.271 e. The van der Waals surface area contributed by atoms with E-state index < -0.39 is 0 Å². The van der Waals surface area contributed by atoms with Crippen LogP contribution in [0, 0.1) is 5.92 Å². The van der Waals surface area contributed by atoms with E-state index in [0.29, 0.717) is 16.8 Å². The van der Waals surface area contributed by atoms with Crippen LogP contribution in [0.5, 0.6) is 0 Å². The zero-order valence-corrected chi connectivity index (χ0v) is 9.16. The van der Waals surface area contributed by atoms with Crippen LogP contribution >= 0.6 is 11.6 Å². The van der Waals surface area contributed by atoms with Crippen molar-refractivity contribution < 1.29 is 4.79 Å². The van der Waals surface area contributed by atoms with Crippen LogP contribution in [0.3, 0.4) is 0 Å². The monoisotopic (exact) mass is 225 g/mol. The first kappa shape index (κ1) is 10.4. The Morgan fingerprint density at radius 3 is 2.80 bits per heavy atom. The van der Waals surface area contributed by atoms with Gasteiger partial charge in [0.15, 0.2) is 0 Å². The fourth-order valence-electron chi connectivity index (χ4n) is 1.42. The average molecular weight is 226 g/mol. The molecule has 1 amide bonds. The summed E-state index contributed by atoms with van der Waals surface area (Å²) in [4.78, 5) is 19.4. The summed E-state index contributed by atoms with van der Waals surface area (Å²) in [6.45, 7) is 2.01. The van der Waals surface area contributed by atoms with E-state index in [0.717, 1.165) is 0 Å². The van der Waals surface area contributed by atoms with Crippen LogP contribution in [0.1, 0.15) is 30.3 Å². The first-order valence-corrected chi connectivity index (χ1v) is 5.33. The second-order valence-electron chi connectivity index (χ2n) is 3.82. The molecule has 5 heteroatoms. The molecule has 1 aliphatic carbocycles. The molecule has 80 valence electrons. The van der Waals surface area contributed by atoms with E-state index in [2.05, 4.69) is 15.3 Å². The van der Waals surface area contributed by atoms with E-state index in [9.17, 15) is 4.79 Å². The second kappa shape index (κ2) is 4.14. The van der Waals surface area contributed by atoms with Gasteiger partial charge in [-0.05, 0) is 25.7 Å². The molecule has 1 aromatic heterocycles. The molecule has 1 unspecified atom stereocenters. The van der Waals surface area contributed by atoms with Crippen molar-refractivity contribution in [3.63, 3.8) is 0 Å². The third-order valence-corrected chi connectivity index (χ3v) is 2.74. The Bertz CT molecular complexity index is 361. The van der Waals surface area contributed by atoms with Crippen molar-refractivity contribution >= 4 is 17.5 Å². The van der Waals surface area contributed by atoms with Gasteiger partial charge in [0.05, 0.1) is 12.4 Å². The molecule has 1 aromatic rings. The maximum Gasteiger partial charge on any atom is 0.271 e. The van der Waals surface area contributed by atoms with Gasteiger partial charge in [-0.25, -0.2) is 9.97 Å². The number of halogens is 1. The number of carbonyl (C=O) groups is 1. The molecule has 1 heterocycles. The molecule has 1 N–H and O–H groups in total. The summed E-state index contributed by atoms with van der Waals surface area (Å²) < 4.78 is 0. The highest BCUT2D eigenvalue weighted by Crippen LogP contribution is 2.32. The molecule has 1 saturated carbocycles. The Hall–Kier alpha value is -1.16. The number of nitrogens with one attached hydrogen (secondary N) is 1. The number of rotatable bonds is 3. The molecule has 1 aliphatic rings. The van der Waals surface area contributed by atoms with Gasteiger partial charge in [0.25, 0.3) is 5.91 Å². The molecule has 1 atom stereocenters. The number of amides is 1. The van der Waals surface area contributed by atoms with Crippen molar-refractivity contribution in [2.24, 2.45) is 5.92 Å². The molecule has 0 spiro atoms. The van der Waals surface area contributed by atoms with Crippen LogP contribution in [-0.2, 0) is 0 Å². The Labute approximate surface area is 93.1 Å². The van der Waals surface area contributed by atoms with Crippen molar-refractivity contribution in [3.8, 4) is 0 Å². The van der Waals surface area contributed by atoms with Gasteiger partial charge in [0.1, 0.15) is 10.8 Å². The predicted molar refractivity (Wildman–Crippen MR) is 56.7 cm³/mol. The highest BCUT2D eigenvalue weighted by molar-refractivity contribution is 6.29. The molecule has 0 radical (unpaired) electrons. The van der Waals surface area contributed by atoms with E-state index in [1.54, 1.807) is 0 Å². The summed E-state index contributed by atoms with van der Waals surface area (Å²) in [6, 6.07) is 0.218. The molecule has 2 rings (SSSR count). The topological polar surface area (TPSA) is 54.9 Å². The SMILES string of the molecule is CC(NC(=O)c1cnc(Cl)cn1)C1CC1. The molecule has 15 heavy (non-hydrogen) atoms. The van der Waals surface area contributed by atoms with Gasteiger partial charge in [0.2, 0.25) is 0 Å². The summed E-state index contributed by atoms with van der Waals surface area (Å²) in [5, 5.41) is 3.19. The van der Waals surface area contributed by atoms with Crippen LogP contribution in [0.25, 0.3) is 0 Å². The van der Waals surface area contributed by atoms with Gasteiger partial charge in [-0.15, -0.1) is 0 Å². The third kappa shape index (κ3) is 2.65. The Balaban J connectivity index is 1.97. The fraction of sp³-hybridized carbons (Fsp3) is 0.500. The average Bonchev–Trinajstić information content (AvgIpc) is 3.01. The van der Waals surface area contributed by atoms with Crippen molar-refractivity contribution in [3.05, 3.63) is 23.2 Å². The highest BCUT2D eigenvalue weighted by Gasteiger charge is 2.29. The summed E-state index contributed by atoms with van der Waals surface area (Å²) >= 11 is 5.58. The zero-order valence-electron chi connectivity index (χ0n) is 8.40. The zero-order chi connectivity index (χ0) is 10.8. The molecule has 0 saturated heterocycles. The minimum Gasteiger partial charge on any atom is -0.348 e. The summed E-state index contributed by atoms with van der Waals surface area (Å²) in [5.74, 6) is 0.452. The van der Waals surface area contributed by atoms with Crippen LogP contribution in [-0.4, -0.2) is 21.9 Å². The van der Waals surface area contributed by atoms with E-state index in [1.165, 1.54) is 25.2 Å². The first-order chi connectivity index (χ1) is 7.16. The number of hydrogen-bond donors (Lipinski definition) is 1. The Morgan fingerprint density at radius 1 is 1.53 bits per heavy atom. The lowest BCUT2D eigenvalue weighted by atomic mass is 10.2. The Morgan fingerprint density at radius 2 is 2.27 bits per heavy atom. The standard InChI is InChI=1S/C10H12ClN3O/c1-6(7-2-3-7)14-10(15)8-4-13-9(11)5-12-8/h4-7H,2-3H2,1H3,(H,14,15). The van der Waals surface area contributed by atoms with Gasteiger partial charge in [0, 0.05) is 6.04 Å². The first-order valence-electron chi connectivity index (χ1n) is 4.95. The lowest BCUT2D eigenvalue weighted by molar-refractivity contribution is 0.0930. The maximum absolute atomic E-state index is 11.6. The Kier molecular flexibility index (Phi) is 2.86. The lowest BCUT2D eigenvalue weighted by Crippen LogP contribution is -2.34. The van der Waals surface area contributed by atoms with E-state index in [4.69, 9.17) is 11.6 Å². The van der Waals surface area contributed by atoms with Crippen LogP contribution in [0.2, 0.25) is 5.15 Å². The molecule has 0 aromatic carbocycles. The van der Waals surface area contributed by atoms with Crippen LogP contribution < -0.4 is 5.32 Å². The van der Waals surface area contributed by atoms with Crippen molar-refractivity contribution in [2.45, 2.75) is 25.8 Å². The number of carbonyl (C=O) groups excluding carboxylic acids is 1. The van der Waals surface area contributed by atoms with Crippen molar-refractivity contribution in [1.82, 2.24) is 15.3 Å². The second-order valence-corrected chi connectivity index (χ2v) is 4.21. The minimum atomic E-state index is -0.182. The predicted octanol–water partition coefficient (Wildman–Crippen LogP) is 1.66. The van der Waals surface area contributed by atoms with Gasteiger partial charge in [-0.2, -0.15) is 0 Å². The van der Waals surface area contributed by atoms with Crippen molar-refractivity contribution in [2.75, 3.05) is 0 Å². The third-order valence-electron chi connectivity index (χ3n) is 2.54. The summed E-state index contributed by atoms with van der Waals surface area (Å²) in [7, 11) is 0. The lowest BCUT2D eigenvalue weighted by Gasteiger charge is -2.11. The van der Waals surface area contributed by atoms with Gasteiger partial charge >= 0.3 is 0 Å². The fourth-order valence-corrected chi connectivity index (χ4v) is 1.52. The largest absolute Gasteiger partial charge is 0.348 e. The van der Waals surface area contributed by atoms with E-state index in [1.807, 2.05) is 6.92 Å². The van der Waals surface area contributed by atoms with E-state index >= 15 is 0 Å². The van der Waals surface area contributed by atoms with Crippen molar-refractivity contribution in [1.29, 1.82) is 0 Å². The molecule has 4 nitrogen and oxygen atoms in total. The molecule has 0 bridgehead atoms.